The van der Waals surface area contributed by atoms with E-state index in [-0.39, 0.29) is 11.2 Å². The quantitative estimate of drug-likeness (QED) is 0.606. The fourth-order valence-corrected chi connectivity index (χ4v) is 2.96. The molecule has 2 rings (SSSR count). The van der Waals surface area contributed by atoms with Gasteiger partial charge < -0.3 is 9.30 Å². The third-order valence-electron chi connectivity index (χ3n) is 3.13. The first-order valence-corrected chi connectivity index (χ1v) is 7.74. The molecule has 0 spiro atoms. The summed E-state index contributed by atoms with van der Waals surface area (Å²) in [6, 6.07) is 10.2. The molecule has 0 N–H and O–H groups in total. The number of esters is 1. The van der Waals surface area contributed by atoms with Gasteiger partial charge in [0, 0.05) is 13.0 Å². The maximum atomic E-state index is 11.5. The second kappa shape index (κ2) is 7.26. The largest absolute Gasteiger partial charge is 0.468 e. The van der Waals surface area contributed by atoms with Crippen LogP contribution in [0.3, 0.4) is 0 Å². The Balaban J connectivity index is 2.16. The Morgan fingerprint density at radius 3 is 2.67 bits per heavy atom. The molecule has 0 aliphatic heterocycles. The molecule has 2 aromatic rings. The van der Waals surface area contributed by atoms with Crippen LogP contribution in [0, 0.1) is 0 Å². The van der Waals surface area contributed by atoms with Gasteiger partial charge in [-0.15, -0.1) is 10.2 Å². The molecule has 0 bridgehead atoms. The van der Waals surface area contributed by atoms with Crippen LogP contribution in [0.15, 0.2) is 35.5 Å². The predicted molar refractivity (Wildman–Crippen MR) is 82.3 cm³/mol. The lowest BCUT2D eigenvalue weighted by atomic mass is 10.1. The fourth-order valence-electron chi connectivity index (χ4n) is 2.01. The Morgan fingerprint density at radius 1 is 1.33 bits per heavy atom. The number of rotatable bonds is 6. The van der Waals surface area contributed by atoms with Crippen LogP contribution in [0.1, 0.15) is 25.2 Å². The van der Waals surface area contributed by atoms with E-state index in [1.165, 1.54) is 24.4 Å². The van der Waals surface area contributed by atoms with E-state index in [1.807, 2.05) is 36.6 Å². The van der Waals surface area contributed by atoms with Gasteiger partial charge in [-0.1, -0.05) is 42.1 Å². The van der Waals surface area contributed by atoms with Crippen LogP contribution >= 0.6 is 11.8 Å². The van der Waals surface area contributed by atoms with Gasteiger partial charge in [-0.25, -0.2) is 0 Å². The monoisotopic (exact) mass is 305 g/mol. The van der Waals surface area contributed by atoms with E-state index in [9.17, 15) is 4.79 Å². The molecule has 1 aromatic carbocycles. The highest BCUT2D eigenvalue weighted by Crippen LogP contribution is 2.23. The van der Waals surface area contributed by atoms with Crippen molar-refractivity contribution in [1.82, 2.24) is 14.8 Å². The van der Waals surface area contributed by atoms with Gasteiger partial charge in [0.15, 0.2) is 5.16 Å². The Hall–Kier alpha value is -1.82. The molecule has 6 heteroatoms. The third kappa shape index (κ3) is 3.85. The first-order chi connectivity index (χ1) is 10.2. The van der Waals surface area contributed by atoms with E-state index in [0.29, 0.717) is 0 Å². The molecule has 112 valence electrons. The van der Waals surface area contributed by atoms with Crippen LogP contribution in [0.2, 0.25) is 0 Å². The summed E-state index contributed by atoms with van der Waals surface area (Å²) in [4.78, 5) is 11.5. The molecule has 5 nitrogen and oxygen atoms in total. The number of ether oxygens (including phenoxy) is 1. The van der Waals surface area contributed by atoms with Crippen LogP contribution in [-0.4, -0.2) is 33.1 Å². The van der Waals surface area contributed by atoms with E-state index in [1.54, 1.807) is 0 Å². The van der Waals surface area contributed by atoms with Gasteiger partial charge in [-0.05, 0) is 19.4 Å². The van der Waals surface area contributed by atoms with Crippen molar-refractivity contribution in [2.24, 2.45) is 0 Å². The minimum atomic E-state index is -0.297. The van der Waals surface area contributed by atoms with Crippen molar-refractivity contribution in [2.45, 2.75) is 37.2 Å². The molecule has 0 saturated carbocycles. The highest BCUT2D eigenvalue weighted by Gasteiger charge is 2.20. The highest BCUT2D eigenvalue weighted by atomic mass is 32.2. The van der Waals surface area contributed by atoms with Crippen molar-refractivity contribution in [2.75, 3.05) is 7.11 Å². The van der Waals surface area contributed by atoms with Crippen LogP contribution in [0.4, 0.5) is 0 Å². The SMILES string of the molecule is CCn1c(Cc2ccccc2)nnc1SC(C)C(=O)OC. The maximum absolute atomic E-state index is 11.5. The number of carbonyl (C=O) groups excluding carboxylic acids is 1. The molecule has 0 saturated heterocycles. The van der Waals surface area contributed by atoms with E-state index in [2.05, 4.69) is 22.3 Å². The number of aromatic nitrogens is 3. The number of nitrogens with zero attached hydrogens (tertiary/aromatic N) is 3. The fraction of sp³-hybridized carbons (Fsp3) is 0.400. The summed E-state index contributed by atoms with van der Waals surface area (Å²) in [7, 11) is 1.39. The molecule has 1 unspecified atom stereocenters. The lowest BCUT2D eigenvalue weighted by Gasteiger charge is -2.10. The minimum absolute atomic E-state index is 0.254. The predicted octanol–water partition coefficient (Wildman–Crippen LogP) is 2.54. The number of hydrogen-bond donors (Lipinski definition) is 0. The standard InChI is InChI=1S/C15H19N3O2S/c1-4-18-13(10-12-8-6-5-7-9-12)16-17-15(18)21-11(2)14(19)20-3/h5-9,11H,4,10H2,1-3H3. The Bertz CT molecular complexity index is 598. The minimum Gasteiger partial charge on any atom is -0.468 e. The van der Waals surface area contributed by atoms with Crippen LogP contribution in [0.25, 0.3) is 0 Å². The van der Waals surface area contributed by atoms with Gasteiger partial charge in [0.05, 0.1) is 7.11 Å². The molecule has 1 heterocycles. The zero-order chi connectivity index (χ0) is 15.2. The average molecular weight is 305 g/mol. The number of benzene rings is 1. The van der Waals surface area contributed by atoms with Crippen molar-refractivity contribution in [3.05, 3.63) is 41.7 Å². The summed E-state index contributed by atoms with van der Waals surface area (Å²) in [5.41, 5.74) is 1.19. The first-order valence-electron chi connectivity index (χ1n) is 6.86. The van der Waals surface area contributed by atoms with Crippen LogP contribution in [-0.2, 0) is 22.5 Å². The van der Waals surface area contributed by atoms with Crippen LogP contribution in [0.5, 0.6) is 0 Å². The summed E-state index contributed by atoms with van der Waals surface area (Å²) in [6.45, 7) is 4.62. The van der Waals surface area contributed by atoms with Crippen molar-refractivity contribution in [1.29, 1.82) is 0 Å². The zero-order valence-corrected chi connectivity index (χ0v) is 13.3. The summed E-state index contributed by atoms with van der Waals surface area (Å²) in [5, 5.41) is 8.92. The van der Waals surface area contributed by atoms with Crippen molar-refractivity contribution < 1.29 is 9.53 Å². The van der Waals surface area contributed by atoms with Gasteiger partial charge in [0.1, 0.15) is 11.1 Å². The third-order valence-corrected chi connectivity index (χ3v) is 4.19. The first kappa shape index (κ1) is 15.6. The summed E-state index contributed by atoms with van der Waals surface area (Å²) in [6.07, 6.45) is 0.731. The van der Waals surface area contributed by atoms with Gasteiger partial charge in [0.25, 0.3) is 0 Å². The molecular weight excluding hydrogens is 286 g/mol. The molecule has 0 aliphatic rings. The van der Waals surface area contributed by atoms with Gasteiger partial charge >= 0.3 is 5.97 Å². The van der Waals surface area contributed by atoms with E-state index < -0.39 is 0 Å². The summed E-state index contributed by atoms with van der Waals surface area (Å²) >= 11 is 1.37. The molecule has 1 atom stereocenters. The highest BCUT2D eigenvalue weighted by molar-refractivity contribution is 8.00. The molecular formula is C15H19N3O2S. The zero-order valence-electron chi connectivity index (χ0n) is 12.4. The van der Waals surface area contributed by atoms with Crippen molar-refractivity contribution in [3.63, 3.8) is 0 Å². The second-order valence-corrected chi connectivity index (χ2v) is 5.90. The van der Waals surface area contributed by atoms with Gasteiger partial charge in [-0.3, -0.25) is 4.79 Å². The molecule has 1 aromatic heterocycles. The number of thioether (sulfide) groups is 1. The molecule has 0 aliphatic carbocycles. The maximum Gasteiger partial charge on any atom is 0.318 e. The van der Waals surface area contributed by atoms with Crippen LogP contribution < -0.4 is 0 Å². The van der Waals surface area contributed by atoms with E-state index >= 15 is 0 Å². The Labute approximate surface area is 128 Å². The van der Waals surface area contributed by atoms with E-state index in [0.717, 1.165) is 23.9 Å². The topological polar surface area (TPSA) is 57.0 Å². The lowest BCUT2D eigenvalue weighted by molar-refractivity contribution is -0.139. The molecule has 0 amide bonds. The average Bonchev–Trinajstić information content (AvgIpc) is 2.88. The van der Waals surface area contributed by atoms with Gasteiger partial charge in [-0.2, -0.15) is 0 Å². The number of methoxy groups -OCH3 is 1. The van der Waals surface area contributed by atoms with Crippen molar-refractivity contribution >= 4 is 17.7 Å². The summed E-state index contributed by atoms with van der Waals surface area (Å²) < 4.78 is 6.78. The normalized spacial score (nSPS) is 12.1. The van der Waals surface area contributed by atoms with E-state index in [4.69, 9.17) is 4.74 Å². The Morgan fingerprint density at radius 2 is 2.05 bits per heavy atom. The molecule has 0 radical (unpaired) electrons. The summed E-state index contributed by atoms with van der Waals surface area (Å²) in [5.74, 6) is 0.651. The van der Waals surface area contributed by atoms with Crippen molar-refractivity contribution in [3.8, 4) is 0 Å². The van der Waals surface area contributed by atoms with Gasteiger partial charge in [0.2, 0.25) is 0 Å². The Kier molecular flexibility index (Phi) is 5.38. The smallest absolute Gasteiger partial charge is 0.318 e. The second-order valence-electron chi connectivity index (χ2n) is 4.59. The lowest BCUT2D eigenvalue weighted by Crippen LogP contribution is -2.16. The molecule has 21 heavy (non-hydrogen) atoms. The number of hydrogen-bond acceptors (Lipinski definition) is 5. The number of carbonyl (C=O) groups is 1. The molecule has 0 fully saturated rings.